The summed E-state index contributed by atoms with van der Waals surface area (Å²) in [5.74, 6) is 1.87. The van der Waals surface area contributed by atoms with Crippen molar-refractivity contribution in [2.45, 2.75) is 18.9 Å². The van der Waals surface area contributed by atoms with Gasteiger partial charge in [-0.2, -0.15) is 10.1 Å². The van der Waals surface area contributed by atoms with E-state index in [0.717, 1.165) is 41.6 Å². The number of likely N-dealkylation sites (tertiary alicyclic amines) is 1. The molecule has 3 aliphatic heterocycles. The Morgan fingerprint density at radius 1 is 1.15 bits per heavy atom. The molecule has 0 N–H and O–H groups in total. The van der Waals surface area contributed by atoms with Crippen LogP contribution in [-0.2, 0) is 0 Å². The highest BCUT2D eigenvalue weighted by atomic mass is 15.9. The van der Waals surface area contributed by atoms with Gasteiger partial charge >= 0.3 is 0 Å². The van der Waals surface area contributed by atoms with Gasteiger partial charge in [0.1, 0.15) is 12.0 Å². The lowest BCUT2D eigenvalue weighted by Crippen LogP contribution is -2.52. The lowest BCUT2D eigenvalue weighted by molar-refractivity contribution is 0.299. The van der Waals surface area contributed by atoms with Crippen LogP contribution in [0.25, 0.3) is 5.69 Å². The number of anilines is 1. The summed E-state index contributed by atoms with van der Waals surface area (Å²) in [7, 11) is 2.16. The maximum absolute atomic E-state index is 4.83. The van der Waals surface area contributed by atoms with E-state index in [9.17, 15) is 0 Å². The van der Waals surface area contributed by atoms with Gasteiger partial charge in [0.05, 0.1) is 24.1 Å². The summed E-state index contributed by atoms with van der Waals surface area (Å²) in [6.07, 6.45) is 7.89. The fraction of sp³-hybridized carbons (Fsp3) is 0.333. The van der Waals surface area contributed by atoms with Crippen LogP contribution in [0.4, 0.5) is 5.82 Å². The van der Waals surface area contributed by atoms with Crippen molar-refractivity contribution < 1.29 is 0 Å². The molecular formula is C18H19N9. The summed E-state index contributed by atoms with van der Waals surface area (Å²) in [5.41, 5.74) is 3.28. The van der Waals surface area contributed by atoms with Crippen molar-refractivity contribution in [3.8, 4) is 5.69 Å². The Bertz CT molecular complexity index is 1050. The van der Waals surface area contributed by atoms with Gasteiger partial charge < -0.3 is 0 Å². The summed E-state index contributed by atoms with van der Waals surface area (Å²) in [6.45, 7) is 1.59. The van der Waals surface area contributed by atoms with Crippen LogP contribution >= 0.6 is 0 Å². The Kier molecular flexibility index (Phi) is 2.98. The van der Waals surface area contributed by atoms with Gasteiger partial charge in [-0.1, -0.05) is 12.1 Å². The summed E-state index contributed by atoms with van der Waals surface area (Å²) >= 11 is 0. The number of hydrogen-bond donors (Lipinski definition) is 0. The van der Waals surface area contributed by atoms with Crippen molar-refractivity contribution in [1.29, 1.82) is 0 Å². The third-order valence-electron chi connectivity index (χ3n) is 5.66. The molecule has 1 atom stereocenters. The largest absolute Gasteiger partial charge is 0.298 e. The van der Waals surface area contributed by atoms with E-state index in [1.165, 1.54) is 6.42 Å². The predicted octanol–water partition coefficient (Wildman–Crippen LogP) is 1.32. The van der Waals surface area contributed by atoms with E-state index < -0.39 is 0 Å². The fourth-order valence-electron chi connectivity index (χ4n) is 4.36. The molecule has 0 aliphatic carbocycles. The predicted molar refractivity (Wildman–Crippen MR) is 100 cm³/mol. The zero-order valence-corrected chi connectivity index (χ0v) is 15.0. The number of aliphatic imine (C=N–C) groups is 1. The molecule has 0 amide bonds. The minimum atomic E-state index is 0.325. The van der Waals surface area contributed by atoms with E-state index in [4.69, 9.17) is 4.99 Å². The van der Waals surface area contributed by atoms with Crippen LogP contribution in [0.5, 0.6) is 0 Å². The third kappa shape index (κ3) is 1.97. The molecule has 2 aromatic heterocycles. The summed E-state index contributed by atoms with van der Waals surface area (Å²) < 4.78 is 2.09. The van der Waals surface area contributed by atoms with Gasteiger partial charge in [0.2, 0.25) is 0 Å². The molecule has 3 aromatic rings. The van der Waals surface area contributed by atoms with Crippen LogP contribution in [0.2, 0.25) is 0 Å². The van der Waals surface area contributed by atoms with Gasteiger partial charge in [-0.3, -0.25) is 9.47 Å². The first-order valence-electron chi connectivity index (χ1n) is 9.18. The number of para-hydroxylation sites is 1. The van der Waals surface area contributed by atoms with Crippen LogP contribution < -0.4 is 10.1 Å². The Balaban J connectivity index is 1.47. The second kappa shape index (κ2) is 5.40. The van der Waals surface area contributed by atoms with Crippen molar-refractivity contribution in [2.24, 2.45) is 4.99 Å². The molecule has 3 aliphatic rings. The van der Waals surface area contributed by atoms with E-state index in [1.807, 2.05) is 40.8 Å². The Morgan fingerprint density at radius 2 is 2.07 bits per heavy atom. The molecule has 1 aromatic carbocycles. The molecule has 1 unspecified atom stereocenters. The topological polar surface area (TPSA) is 70.6 Å². The van der Waals surface area contributed by atoms with Crippen molar-refractivity contribution in [2.75, 3.05) is 30.4 Å². The first kappa shape index (κ1) is 14.9. The highest BCUT2D eigenvalue weighted by Gasteiger charge is 2.38. The quantitative estimate of drug-likeness (QED) is 0.686. The third-order valence-corrected chi connectivity index (χ3v) is 5.66. The molecule has 1 saturated heterocycles. The number of rotatable bonds is 2. The van der Waals surface area contributed by atoms with Gasteiger partial charge in [-0.15, -0.1) is 9.89 Å². The van der Waals surface area contributed by atoms with Crippen LogP contribution in [0.15, 0.2) is 48.0 Å². The SMILES string of the molecule is CN1CCCC1c1cnnn1N1CN=C2c3ccccc3-n3cncc3N21. The summed E-state index contributed by atoms with van der Waals surface area (Å²) in [6, 6.07) is 8.60. The summed E-state index contributed by atoms with van der Waals surface area (Å²) in [4.78, 5) is 13.5. The number of benzene rings is 1. The number of hydrogen-bond acceptors (Lipinski definition) is 7. The standard InChI is InChI=1S/C18H19N9/c1-23-8-4-7-15(23)16-9-21-22-27(16)25-12-20-18-13-5-2-3-6-14(13)24-11-19-10-17(24)26(18)25/h2-3,5-6,9-11,15H,4,7-8,12H2,1H3. The smallest absolute Gasteiger partial charge is 0.162 e. The number of hydrazine groups is 1. The van der Waals surface area contributed by atoms with Crippen molar-refractivity contribution in [1.82, 2.24) is 29.6 Å². The molecule has 6 rings (SSSR count). The average molecular weight is 361 g/mol. The number of fused-ring (bicyclic) bond motifs is 6. The van der Waals surface area contributed by atoms with E-state index >= 15 is 0 Å². The van der Waals surface area contributed by atoms with Crippen molar-refractivity contribution in [3.05, 3.63) is 54.2 Å². The Hall–Kier alpha value is -3.20. The van der Waals surface area contributed by atoms with E-state index in [2.05, 4.69) is 49.0 Å². The Labute approximate surface area is 156 Å². The lowest BCUT2D eigenvalue weighted by Gasteiger charge is -2.35. The molecule has 0 bridgehead atoms. The maximum Gasteiger partial charge on any atom is 0.162 e. The molecular weight excluding hydrogens is 342 g/mol. The highest BCUT2D eigenvalue weighted by Crippen LogP contribution is 2.35. The fourth-order valence-corrected chi connectivity index (χ4v) is 4.36. The number of aromatic nitrogens is 5. The second-order valence-corrected chi connectivity index (χ2v) is 7.13. The minimum Gasteiger partial charge on any atom is -0.298 e. The molecule has 5 heterocycles. The average Bonchev–Trinajstić information content (AvgIpc) is 3.46. The molecule has 9 heteroatoms. The number of imidazole rings is 1. The highest BCUT2D eigenvalue weighted by molar-refractivity contribution is 6.15. The van der Waals surface area contributed by atoms with E-state index in [0.29, 0.717) is 12.7 Å². The number of amidine groups is 1. The van der Waals surface area contributed by atoms with Gasteiger partial charge in [-0.05, 0) is 43.8 Å². The van der Waals surface area contributed by atoms with Gasteiger partial charge in [0.25, 0.3) is 0 Å². The molecule has 0 spiro atoms. The van der Waals surface area contributed by atoms with Crippen LogP contribution in [-0.4, -0.2) is 55.7 Å². The minimum absolute atomic E-state index is 0.325. The molecule has 1 fully saturated rings. The monoisotopic (exact) mass is 361 g/mol. The first-order chi connectivity index (χ1) is 13.3. The van der Waals surface area contributed by atoms with Crippen LogP contribution in [0, 0.1) is 0 Å². The van der Waals surface area contributed by atoms with Gasteiger partial charge in [-0.25, -0.2) is 9.98 Å². The van der Waals surface area contributed by atoms with Gasteiger partial charge in [0.15, 0.2) is 18.3 Å². The molecule has 0 saturated carbocycles. The van der Waals surface area contributed by atoms with Crippen LogP contribution in [0.3, 0.4) is 0 Å². The Morgan fingerprint density at radius 3 is 2.96 bits per heavy atom. The molecule has 9 nitrogen and oxygen atoms in total. The zero-order valence-electron chi connectivity index (χ0n) is 15.0. The molecule has 27 heavy (non-hydrogen) atoms. The second-order valence-electron chi connectivity index (χ2n) is 7.13. The maximum atomic E-state index is 4.83. The lowest BCUT2D eigenvalue weighted by atomic mass is 10.1. The molecule has 0 radical (unpaired) electrons. The normalized spacial score (nSPS) is 21.2. The van der Waals surface area contributed by atoms with Gasteiger partial charge in [0, 0.05) is 5.56 Å². The van der Waals surface area contributed by atoms with E-state index in [-0.39, 0.29) is 0 Å². The summed E-state index contributed by atoms with van der Waals surface area (Å²) in [5, 5.41) is 12.7. The van der Waals surface area contributed by atoms with E-state index in [1.54, 1.807) is 0 Å². The van der Waals surface area contributed by atoms with Crippen LogP contribution in [0.1, 0.15) is 30.1 Å². The number of nitrogens with zero attached hydrogens (tertiary/aromatic N) is 9. The van der Waals surface area contributed by atoms with Crippen molar-refractivity contribution in [3.63, 3.8) is 0 Å². The van der Waals surface area contributed by atoms with Crippen molar-refractivity contribution >= 4 is 11.7 Å². The first-order valence-corrected chi connectivity index (χ1v) is 9.18. The molecule has 136 valence electrons. The zero-order chi connectivity index (χ0) is 18.0.